The van der Waals surface area contributed by atoms with E-state index in [1.165, 1.54) is 0 Å². The van der Waals surface area contributed by atoms with Gasteiger partial charge < -0.3 is 20.4 Å². The molecule has 0 spiro atoms. The molecule has 0 aromatic rings. The number of hydrogen-bond acceptors (Lipinski definition) is 4. The topological polar surface area (TPSA) is 80.9 Å². The molecule has 4 aliphatic carbocycles. The Morgan fingerprint density at radius 1 is 0.739 bits per heavy atom. The van der Waals surface area contributed by atoms with E-state index in [4.69, 9.17) is 0 Å². The third-order valence-corrected chi connectivity index (χ3v) is 8.63. The lowest BCUT2D eigenvalue weighted by Crippen LogP contribution is -2.58. The standard InChI is InChI=1S/C19H32O4/c1-18-5-3-11(20)7-10(18)8-14(21)16-12(18)4-6-19(2)13(16)9-15(22)17(19)23/h10-17,20-23H,3-9H2,1-2H3/t10?,11?,12-,13-,14?,15?,16+,17?,18-,19-/m0/s1. The van der Waals surface area contributed by atoms with Gasteiger partial charge in [-0.1, -0.05) is 13.8 Å². The monoisotopic (exact) mass is 324 g/mol. The fraction of sp³-hybridized carbons (Fsp3) is 1.00. The van der Waals surface area contributed by atoms with Crippen LogP contribution in [0.15, 0.2) is 0 Å². The Hall–Kier alpha value is -0.160. The molecule has 0 heterocycles. The van der Waals surface area contributed by atoms with Crippen LogP contribution < -0.4 is 0 Å². The summed E-state index contributed by atoms with van der Waals surface area (Å²) in [4.78, 5) is 0. The van der Waals surface area contributed by atoms with Gasteiger partial charge in [0.25, 0.3) is 0 Å². The van der Waals surface area contributed by atoms with Crippen LogP contribution in [0.4, 0.5) is 0 Å². The van der Waals surface area contributed by atoms with Crippen LogP contribution in [-0.4, -0.2) is 44.8 Å². The van der Waals surface area contributed by atoms with Crippen LogP contribution in [0.2, 0.25) is 0 Å². The minimum atomic E-state index is -0.653. The summed E-state index contributed by atoms with van der Waals surface area (Å²) in [6.07, 6.45) is 4.24. The van der Waals surface area contributed by atoms with Crippen molar-refractivity contribution in [2.45, 2.75) is 83.2 Å². The summed E-state index contributed by atoms with van der Waals surface area (Å²) >= 11 is 0. The van der Waals surface area contributed by atoms with Crippen molar-refractivity contribution in [3.63, 3.8) is 0 Å². The maximum atomic E-state index is 10.9. The van der Waals surface area contributed by atoms with Crippen LogP contribution in [0.5, 0.6) is 0 Å². The van der Waals surface area contributed by atoms with E-state index >= 15 is 0 Å². The van der Waals surface area contributed by atoms with E-state index in [-0.39, 0.29) is 34.9 Å². The van der Waals surface area contributed by atoms with Gasteiger partial charge in [-0.05, 0) is 79.4 Å². The van der Waals surface area contributed by atoms with Crippen LogP contribution in [0.25, 0.3) is 0 Å². The summed E-state index contributed by atoms with van der Waals surface area (Å²) in [5.41, 5.74) is -0.0537. The first-order valence-electron chi connectivity index (χ1n) is 9.49. The zero-order chi connectivity index (χ0) is 16.6. The van der Waals surface area contributed by atoms with Gasteiger partial charge in [-0.2, -0.15) is 0 Å². The number of rotatable bonds is 0. The zero-order valence-electron chi connectivity index (χ0n) is 14.4. The summed E-state index contributed by atoms with van der Waals surface area (Å²) in [6, 6.07) is 0. The smallest absolute Gasteiger partial charge is 0.0855 e. The van der Waals surface area contributed by atoms with E-state index in [0.717, 1.165) is 38.5 Å². The first kappa shape index (κ1) is 16.3. The molecule has 4 rings (SSSR count). The fourth-order valence-electron chi connectivity index (χ4n) is 7.19. The molecule has 4 heteroatoms. The molecule has 4 saturated carbocycles. The van der Waals surface area contributed by atoms with E-state index in [1.54, 1.807) is 0 Å². The molecule has 0 radical (unpaired) electrons. The van der Waals surface area contributed by atoms with Crippen LogP contribution in [0.3, 0.4) is 0 Å². The molecule has 23 heavy (non-hydrogen) atoms. The summed E-state index contributed by atoms with van der Waals surface area (Å²) < 4.78 is 0. The third-order valence-electron chi connectivity index (χ3n) is 8.63. The second kappa shape index (κ2) is 5.17. The number of aliphatic hydroxyl groups excluding tert-OH is 4. The molecule has 4 fully saturated rings. The normalized spacial score (nSPS) is 62.3. The predicted octanol–water partition coefficient (Wildman–Crippen LogP) is 1.69. The fourth-order valence-corrected chi connectivity index (χ4v) is 7.19. The van der Waals surface area contributed by atoms with Gasteiger partial charge in [0.1, 0.15) is 0 Å². The van der Waals surface area contributed by atoms with Crippen molar-refractivity contribution in [3.05, 3.63) is 0 Å². The molecule has 10 atom stereocenters. The van der Waals surface area contributed by atoms with Gasteiger partial charge >= 0.3 is 0 Å². The van der Waals surface area contributed by atoms with Crippen molar-refractivity contribution < 1.29 is 20.4 Å². The molecule has 0 bridgehead atoms. The predicted molar refractivity (Wildman–Crippen MR) is 86.5 cm³/mol. The lowest BCUT2D eigenvalue weighted by atomic mass is 9.44. The molecule has 4 aliphatic rings. The van der Waals surface area contributed by atoms with Crippen molar-refractivity contribution in [3.8, 4) is 0 Å². The highest BCUT2D eigenvalue weighted by Gasteiger charge is 2.64. The molecular formula is C19H32O4. The Bertz CT molecular complexity index is 482. The quantitative estimate of drug-likeness (QED) is 0.547. The lowest BCUT2D eigenvalue weighted by molar-refractivity contribution is -0.177. The van der Waals surface area contributed by atoms with Crippen LogP contribution in [0, 0.1) is 34.5 Å². The lowest BCUT2D eigenvalue weighted by Gasteiger charge is -2.61. The second-order valence-electron chi connectivity index (χ2n) is 9.52. The van der Waals surface area contributed by atoms with Gasteiger partial charge in [0.15, 0.2) is 0 Å². The number of hydrogen-bond donors (Lipinski definition) is 4. The minimum Gasteiger partial charge on any atom is -0.393 e. The summed E-state index contributed by atoms with van der Waals surface area (Å²) in [5, 5.41) is 41.7. The van der Waals surface area contributed by atoms with Crippen molar-refractivity contribution >= 4 is 0 Å². The van der Waals surface area contributed by atoms with Crippen LogP contribution in [0.1, 0.15) is 58.8 Å². The molecular weight excluding hydrogens is 292 g/mol. The van der Waals surface area contributed by atoms with Gasteiger partial charge in [-0.15, -0.1) is 0 Å². The van der Waals surface area contributed by atoms with Gasteiger partial charge in [-0.25, -0.2) is 0 Å². The van der Waals surface area contributed by atoms with Gasteiger partial charge in [0.05, 0.1) is 24.4 Å². The Morgan fingerprint density at radius 2 is 1.43 bits per heavy atom. The SMILES string of the molecule is C[C@]12CCC(O)CC1CC(O)[C@@H]1[C@@H]2CC[C@]2(C)C(O)C(O)C[C@@H]12. The Balaban J connectivity index is 1.68. The summed E-state index contributed by atoms with van der Waals surface area (Å²) in [6.45, 7) is 4.48. The third kappa shape index (κ3) is 2.11. The highest BCUT2D eigenvalue weighted by atomic mass is 16.3. The van der Waals surface area contributed by atoms with E-state index in [9.17, 15) is 20.4 Å². The van der Waals surface area contributed by atoms with Gasteiger partial charge in [-0.3, -0.25) is 0 Å². The number of aliphatic hydroxyl groups is 4. The molecule has 0 aromatic carbocycles. The van der Waals surface area contributed by atoms with E-state index in [2.05, 4.69) is 13.8 Å². The molecule has 0 saturated heterocycles. The molecule has 0 aromatic heterocycles. The van der Waals surface area contributed by atoms with Gasteiger partial charge in [0, 0.05) is 0 Å². The maximum absolute atomic E-state index is 10.9. The van der Waals surface area contributed by atoms with E-state index in [0.29, 0.717) is 18.3 Å². The van der Waals surface area contributed by atoms with Gasteiger partial charge in [0.2, 0.25) is 0 Å². The average molecular weight is 324 g/mol. The average Bonchev–Trinajstić information content (AvgIpc) is 2.73. The number of fused-ring (bicyclic) bond motifs is 5. The van der Waals surface area contributed by atoms with Crippen LogP contribution >= 0.6 is 0 Å². The summed E-state index contributed by atoms with van der Waals surface area (Å²) in [5.74, 6) is 1.27. The maximum Gasteiger partial charge on any atom is 0.0855 e. The first-order chi connectivity index (χ1) is 10.8. The molecule has 4 N–H and O–H groups in total. The molecule has 4 nitrogen and oxygen atoms in total. The molecule has 5 unspecified atom stereocenters. The minimum absolute atomic E-state index is 0.192. The molecule has 0 amide bonds. The highest BCUT2D eigenvalue weighted by molar-refractivity contribution is 5.13. The summed E-state index contributed by atoms with van der Waals surface area (Å²) in [7, 11) is 0. The Labute approximate surface area is 138 Å². The van der Waals surface area contributed by atoms with Crippen molar-refractivity contribution in [1.82, 2.24) is 0 Å². The van der Waals surface area contributed by atoms with Crippen molar-refractivity contribution in [2.24, 2.45) is 34.5 Å². The molecule has 0 aliphatic heterocycles. The van der Waals surface area contributed by atoms with E-state index < -0.39 is 12.2 Å². The van der Waals surface area contributed by atoms with Crippen molar-refractivity contribution in [1.29, 1.82) is 0 Å². The van der Waals surface area contributed by atoms with Crippen LogP contribution in [-0.2, 0) is 0 Å². The Kier molecular flexibility index (Phi) is 3.67. The highest BCUT2D eigenvalue weighted by Crippen LogP contribution is 2.66. The van der Waals surface area contributed by atoms with Crippen molar-refractivity contribution in [2.75, 3.05) is 0 Å². The largest absolute Gasteiger partial charge is 0.393 e. The zero-order valence-corrected chi connectivity index (χ0v) is 14.4. The second-order valence-corrected chi connectivity index (χ2v) is 9.52. The Morgan fingerprint density at radius 3 is 2.17 bits per heavy atom. The molecule has 132 valence electrons. The first-order valence-corrected chi connectivity index (χ1v) is 9.49. The van der Waals surface area contributed by atoms with E-state index in [1.807, 2.05) is 0 Å².